The van der Waals surface area contributed by atoms with Crippen LogP contribution in [0.15, 0.2) is 42.5 Å². The molecule has 1 aliphatic heterocycles. The Morgan fingerprint density at radius 3 is 2.67 bits per heavy atom. The molecule has 2 aromatic carbocycles. The van der Waals surface area contributed by atoms with E-state index in [1.54, 1.807) is 6.07 Å². The van der Waals surface area contributed by atoms with Crippen molar-refractivity contribution in [3.05, 3.63) is 64.2 Å². The molecule has 1 heterocycles. The molecule has 2 aromatic rings. The average molecular weight is 300 g/mol. The third kappa shape index (κ3) is 2.88. The molecule has 0 fully saturated rings. The molecular formula is C17H18ClN3. The van der Waals surface area contributed by atoms with Gasteiger partial charge in [-0.05, 0) is 42.2 Å². The SMILES string of the molecule is N=C(N)c1cc(Cl)ccc1N1CCCc2ccccc2C1. The number of halogens is 1. The summed E-state index contributed by atoms with van der Waals surface area (Å²) in [5, 5.41) is 8.39. The van der Waals surface area contributed by atoms with Gasteiger partial charge in [0.1, 0.15) is 5.84 Å². The van der Waals surface area contributed by atoms with Crippen molar-refractivity contribution in [1.29, 1.82) is 5.41 Å². The topological polar surface area (TPSA) is 53.1 Å². The molecule has 1 aliphatic rings. The van der Waals surface area contributed by atoms with Crippen LogP contribution >= 0.6 is 11.6 Å². The third-order valence-corrected chi connectivity index (χ3v) is 4.18. The molecule has 3 rings (SSSR count). The largest absolute Gasteiger partial charge is 0.384 e. The number of benzene rings is 2. The highest BCUT2D eigenvalue weighted by molar-refractivity contribution is 6.31. The van der Waals surface area contributed by atoms with Crippen LogP contribution < -0.4 is 10.6 Å². The van der Waals surface area contributed by atoms with Gasteiger partial charge in [0.05, 0.1) is 0 Å². The van der Waals surface area contributed by atoms with E-state index >= 15 is 0 Å². The van der Waals surface area contributed by atoms with E-state index in [1.165, 1.54) is 11.1 Å². The van der Waals surface area contributed by atoms with Crippen LogP contribution in [0.2, 0.25) is 5.02 Å². The maximum Gasteiger partial charge on any atom is 0.124 e. The standard InChI is InChI=1S/C17H18ClN3/c18-14-7-8-16(15(10-14)17(19)20)21-9-3-6-12-4-1-2-5-13(12)11-21/h1-2,4-5,7-8,10H,3,6,9,11H2,(H3,19,20). The van der Waals surface area contributed by atoms with E-state index in [2.05, 4.69) is 29.2 Å². The van der Waals surface area contributed by atoms with Gasteiger partial charge in [-0.1, -0.05) is 35.9 Å². The van der Waals surface area contributed by atoms with Crippen LogP contribution in [-0.2, 0) is 13.0 Å². The minimum absolute atomic E-state index is 0.0602. The maximum atomic E-state index is 7.78. The first-order valence-electron chi connectivity index (χ1n) is 7.11. The summed E-state index contributed by atoms with van der Waals surface area (Å²) >= 11 is 6.04. The van der Waals surface area contributed by atoms with E-state index in [0.717, 1.165) is 31.6 Å². The number of rotatable bonds is 2. The Kier molecular flexibility index (Phi) is 3.84. The average Bonchev–Trinajstić information content (AvgIpc) is 2.69. The van der Waals surface area contributed by atoms with Gasteiger partial charge >= 0.3 is 0 Å². The van der Waals surface area contributed by atoms with Crippen LogP contribution in [0.25, 0.3) is 0 Å². The molecule has 0 aromatic heterocycles. The second-order valence-electron chi connectivity index (χ2n) is 5.37. The summed E-state index contributed by atoms with van der Waals surface area (Å²) in [6, 6.07) is 14.2. The molecule has 0 unspecified atom stereocenters. The van der Waals surface area contributed by atoms with Crippen LogP contribution in [0.1, 0.15) is 23.1 Å². The number of nitrogens with zero attached hydrogens (tertiary/aromatic N) is 1. The molecule has 0 bridgehead atoms. The molecule has 0 atom stereocenters. The van der Waals surface area contributed by atoms with E-state index < -0.39 is 0 Å². The van der Waals surface area contributed by atoms with Gasteiger partial charge in [-0.15, -0.1) is 0 Å². The fraction of sp³-hybridized carbons (Fsp3) is 0.235. The summed E-state index contributed by atoms with van der Waals surface area (Å²) in [7, 11) is 0. The molecular weight excluding hydrogens is 282 g/mol. The van der Waals surface area contributed by atoms with E-state index in [4.69, 9.17) is 22.7 Å². The van der Waals surface area contributed by atoms with E-state index in [-0.39, 0.29) is 5.84 Å². The monoisotopic (exact) mass is 299 g/mol. The first-order chi connectivity index (χ1) is 10.1. The number of fused-ring (bicyclic) bond motifs is 1. The Labute approximate surface area is 129 Å². The molecule has 3 nitrogen and oxygen atoms in total. The van der Waals surface area contributed by atoms with E-state index in [9.17, 15) is 0 Å². The van der Waals surface area contributed by atoms with E-state index in [1.807, 2.05) is 12.1 Å². The van der Waals surface area contributed by atoms with Crippen LogP contribution in [0, 0.1) is 5.41 Å². The van der Waals surface area contributed by atoms with Crippen LogP contribution in [0.3, 0.4) is 0 Å². The zero-order chi connectivity index (χ0) is 14.8. The Morgan fingerprint density at radius 2 is 1.90 bits per heavy atom. The fourth-order valence-electron chi connectivity index (χ4n) is 2.91. The minimum atomic E-state index is 0.0602. The van der Waals surface area contributed by atoms with Crippen molar-refractivity contribution in [1.82, 2.24) is 0 Å². The van der Waals surface area contributed by atoms with Gasteiger partial charge in [0.25, 0.3) is 0 Å². The molecule has 3 N–H and O–H groups in total. The van der Waals surface area contributed by atoms with Crippen molar-refractivity contribution >= 4 is 23.1 Å². The second-order valence-corrected chi connectivity index (χ2v) is 5.81. The van der Waals surface area contributed by atoms with Crippen molar-refractivity contribution < 1.29 is 0 Å². The lowest BCUT2D eigenvalue weighted by molar-refractivity contribution is 0.765. The van der Waals surface area contributed by atoms with Gasteiger partial charge in [-0.25, -0.2) is 0 Å². The summed E-state index contributed by atoms with van der Waals surface area (Å²) in [5.74, 6) is 0.0602. The van der Waals surface area contributed by atoms with Gasteiger partial charge < -0.3 is 10.6 Å². The van der Waals surface area contributed by atoms with E-state index in [0.29, 0.717) is 10.6 Å². The minimum Gasteiger partial charge on any atom is -0.384 e. The van der Waals surface area contributed by atoms with Gasteiger partial charge in [0.2, 0.25) is 0 Å². The number of anilines is 1. The number of nitrogens with two attached hydrogens (primary N) is 1. The smallest absolute Gasteiger partial charge is 0.124 e. The normalized spacial score (nSPS) is 14.4. The molecule has 0 spiro atoms. The summed E-state index contributed by atoms with van der Waals surface area (Å²) in [6.07, 6.45) is 2.19. The summed E-state index contributed by atoms with van der Waals surface area (Å²) in [5.41, 5.74) is 10.2. The lowest BCUT2D eigenvalue weighted by Crippen LogP contribution is -2.26. The third-order valence-electron chi connectivity index (χ3n) is 3.94. The predicted octanol–water partition coefficient (Wildman–Crippen LogP) is 3.58. The van der Waals surface area contributed by atoms with Crippen LogP contribution in [0.4, 0.5) is 5.69 Å². The summed E-state index contributed by atoms with van der Waals surface area (Å²) < 4.78 is 0. The van der Waals surface area contributed by atoms with Crippen molar-refractivity contribution in [2.45, 2.75) is 19.4 Å². The Bertz CT molecular complexity index is 681. The number of nitrogen functional groups attached to an aromatic ring is 1. The highest BCUT2D eigenvalue weighted by Crippen LogP contribution is 2.28. The molecule has 0 amide bonds. The second kappa shape index (κ2) is 5.78. The van der Waals surface area contributed by atoms with Gasteiger partial charge in [0.15, 0.2) is 0 Å². The predicted molar refractivity (Wildman–Crippen MR) is 88.3 cm³/mol. The molecule has 4 heteroatoms. The molecule has 0 aliphatic carbocycles. The zero-order valence-electron chi connectivity index (χ0n) is 11.8. The zero-order valence-corrected chi connectivity index (χ0v) is 12.5. The van der Waals surface area contributed by atoms with Gasteiger partial charge in [0, 0.05) is 29.4 Å². The van der Waals surface area contributed by atoms with Crippen molar-refractivity contribution in [2.24, 2.45) is 5.73 Å². The summed E-state index contributed by atoms with van der Waals surface area (Å²) in [6.45, 7) is 1.80. The van der Waals surface area contributed by atoms with Crippen molar-refractivity contribution in [2.75, 3.05) is 11.4 Å². The Morgan fingerprint density at radius 1 is 1.14 bits per heavy atom. The van der Waals surface area contributed by atoms with Crippen LogP contribution in [-0.4, -0.2) is 12.4 Å². The number of aryl methyl sites for hydroxylation is 1. The first kappa shape index (κ1) is 14.0. The molecule has 21 heavy (non-hydrogen) atoms. The van der Waals surface area contributed by atoms with Gasteiger partial charge in [-0.3, -0.25) is 5.41 Å². The number of amidine groups is 1. The molecule has 0 radical (unpaired) electrons. The summed E-state index contributed by atoms with van der Waals surface area (Å²) in [4.78, 5) is 2.29. The first-order valence-corrected chi connectivity index (χ1v) is 7.48. The van der Waals surface area contributed by atoms with Crippen molar-refractivity contribution in [3.63, 3.8) is 0 Å². The van der Waals surface area contributed by atoms with Crippen LogP contribution in [0.5, 0.6) is 0 Å². The fourth-order valence-corrected chi connectivity index (χ4v) is 3.08. The number of hydrogen-bond acceptors (Lipinski definition) is 2. The molecule has 0 saturated heterocycles. The van der Waals surface area contributed by atoms with Crippen molar-refractivity contribution in [3.8, 4) is 0 Å². The lowest BCUT2D eigenvalue weighted by Gasteiger charge is -2.25. The van der Waals surface area contributed by atoms with Gasteiger partial charge in [-0.2, -0.15) is 0 Å². The lowest BCUT2D eigenvalue weighted by atomic mass is 10.0. The highest BCUT2D eigenvalue weighted by atomic mass is 35.5. The Hall–Kier alpha value is -2.00. The molecule has 108 valence electrons. The quantitative estimate of drug-likeness (QED) is 0.658. The molecule has 0 saturated carbocycles. The number of nitrogens with one attached hydrogen (secondary N) is 1. The highest BCUT2D eigenvalue weighted by Gasteiger charge is 2.18. The maximum absolute atomic E-state index is 7.78. The number of hydrogen-bond donors (Lipinski definition) is 2. The Balaban J connectivity index is 2.00.